The molecule has 2 amide bonds. The van der Waals surface area contributed by atoms with Crippen molar-refractivity contribution in [1.29, 1.82) is 10.5 Å². The van der Waals surface area contributed by atoms with Gasteiger partial charge in [0.25, 0.3) is 0 Å². The van der Waals surface area contributed by atoms with Gasteiger partial charge in [-0.25, -0.2) is 9.59 Å². The van der Waals surface area contributed by atoms with Crippen molar-refractivity contribution in [3.8, 4) is 12.1 Å². The normalized spacial score (nSPS) is 23.8. The van der Waals surface area contributed by atoms with Crippen molar-refractivity contribution >= 4 is 12.2 Å². The van der Waals surface area contributed by atoms with Crippen LogP contribution in [0, 0.1) is 33.5 Å². The molecule has 0 spiro atoms. The van der Waals surface area contributed by atoms with Crippen molar-refractivity contribution in [2.75, 3.05) is 19.8 Å². The molecule has 0 heterocycles. The molecule has 144 valence electrons. The van der Waals surface area contributed by atoms with Crippen LogP contribution in [0.15, 0.2) is 0 Å². The fourth-order valence-electron chi connectivity index (χ4n) is 3.79. The first-order valence-corrected chi connectivity index (χ1v) is 8.77. The van der Waals surface area contributed by atoms with Crippen molar-refractivity contribution in [2.45, 2.75) is 58.9 Å². The van der Waals surface area contributed by atoms with Gasteiger partial charge in [-0.1, -0.05) is 20.8 Å². The summed E-state index contributed by atoms with van der Waals surface area (Å²) in [6.07, 6.45) is 1.67. The van der Waals surface area contributed by atoms with Gasteiger partial charge in [0.15, 0.2) is 0 Å². The maximum atomic E-state index is 11.9. The van der Waals surface area contributed by atoms with E-state index in [4.69, 9.17) is 20.0 Å². The highest BCUT2D eigenvalue weighted by molar-refractivity contribution is 5.68. The molecule has 1 aliphatic carbocycles. The smallest absolute Gasteiger partial charge is 0.407 e. The minimum Gasteiger partial charge on any atom is -0.448 e. The van der Waals surface area contributed by atoms with E-state index in [0.29, 0.717) is 13.0 Å². The van der Waals surface area contributed by atoms with Crippen LogP contribution in [-0.4, -0.2) is 38.0 Å². The summed E-state index contributed by atoms with van der Waals surface area (Å²) in [7, 11) is 0. The standard InChI is InChI=1S/C18H28N4O4/c1-17(2)10-14(22-16(24)26-9-5-7-20)11-18(3,12-17)13-21-15(23)25-8-4-6-19/h14H,4-5,8-13H2,1-3H3,(H,21,23)(H,22,24). The second-order valence-electron chi connectivity index (χ2n) is 7.84. The fourth-order valence-corrected chi connectivity index (χ4v) is 3.79. The first-order chi connectivity index (χ1) is 12.2. The number of nitrogens with one attached hydrogen (secondary N) is 2. The Kier molecular flexibility index (Phi) is 8.18. The van der Waals surface area contributed by atoms with Crippen LogP contribution in [0.4, 0.5) is 9.59 Å². The Bertz CT molecular complexity index is 579. The Morgan fingerprint density at radius 3 is 2.19 bits per heavy atom. The molecular weight excluding hydrogens is 336 g/mol. The summed E-state index contributed by atoms with van der Waals surface area (Å²) in [5, 5.41) is 22.6. The number of amides is 2. The molecule has 2 unspecified atom stereocenters. The molecule has 0 aliphatic heterocycles. The number of nitriles is 2. The third-order valence-corrected chi connectivity index (χ3v) is 4.32. The van der Waals surface area contributed by atoms with Crippen LogP contribution in [-0.2, 0) is 9.47 Å². The van der Waals surface area contributed by atoms with Gasteiger partial charge in [-0.3, -0.25) is 0 Å². The number of nitrogens with zero attached hydrogens (tertiary/aromatic N) is 2. The van der Waals surface area contributed by atoms with E-state index in [9.17, 15) is 9.59 Å². The summed E-state index contributed by atoms with van der Waals surface area (Å²) in [6, 6.07) is 3.76. The van der Waals surface area contributed by atoms with E-state index in [-0.39, 0.29) is 42.9 Å². The summed E-state index contributed by atoms with van der Waals surface area (Å²) in [4.78, 5) is 23.6. The van der Waals surface area contributed by atoms with E-state index < -0.39 is 12.2 Å². The van der Waals surface area contributed by atoms with Gasteiger partial charge in [0.2, 0.25) is 0 Å². The largest absolute Gasteiger partial charge is 0.448 e. The average molecular weight is 364 g/mol. The zero-order valence-corrected chi connectivity index (χ0v) is 15.8. The minimum absolute atomic E-state index is 0.00993. The van der Waals surface area contributed by atoms with Crippen LogP contribution in [0.1, 0.15) is 52.9 Å². The van der Waals surface area contributed by atoms with E-state index in [0.717, 1.165) is 12.8 Å². The van der Waals surface area contributed by atoms with E-state index in [1.807, 2.05) is 12.1 Å². The number of carbonyl (C=O) groups excluding carboxylic acids is 2. The highest BCUT2D eigenvalue weighted by atomic mass is 16.6. The molecule has 1 fully saturated rings. The highest BCUT2D eigenvalue weighted by Gasteiger charge is 2.42. The van der Waals surface area contributed by atoms with Crippen molar-refractivity contribution in [3.63, 3.8) is 0 Å². The molecule has 0 aromatic carbocycles. The predicted molar refractivity (Wildman–Crippen MR) is 93.8 cm³/mol. The Morgan fingerprint density at radius 1 is 1.04 bits per heavy atom. The number of hydrogen-bond donors (Lipinski definition) is 2. The Hall–Kier alpha value is -2.48. The lowest BCUT2D eigenvalue weighted by molar-refractivity contribution is 0.0628. The van der Waals surface area contributed by atoms with Crippen molar-refractivity contribution in [3.05, 3.63) is 0 Å². The molecular formula is C18H28N4O4. The van der Waals surface area contributed by atoms with Crippen LogP contribution in [0.3, 0.4) is 0 Å². The van der Waals surface area contributed by atoms with Crippen molar-refractivity contribution in [2.24, 2.45) is 10.8 Å². The summed E-state index contributed by atoms with van der Waals surface area (Å²) >= 11 is 0. The second kappa shape index (κ2) is 9.86. The number of hydrogen-bond acceptors (Lipinski definition) is 6. The van der Waals surface area contributed by atoms with Crippen molar-refractivity contribution < 1.29 is 19.1 Å². The molecule has 1 aliphatic rings. The third kappa shape index (κ3) is 8.06. The topological polar surface area (TPSA) is 124 Å². The molecule has 2 N–H and O–H groups in total. The molecule has 8 nitrogen and oxygen atoms in total. The second-order valence-corrected chi connectivity index (χ2v) is 7.84. The van der Waals surface area contributed by atoms with E-state index in [1.54, 1.807) is 0 Å². The fraction of sp³-hybridized carbons (Fsp3) is 0.778. The SMILES string of the molecule is CC1(C)CC(NC(=O)OCCC#N)CC(C)(CNC(=O)OCCC#N)C1. The summed E-state index contributed by atoms with van der Waals surface area (Å²) in [5.41, 5.74) is -0.218. The summed E-state index contributed by atoms with van der Waals surface area (Å²) in [5.74, 6) is 0. The predicted octanol–water partition coefficient (Wildman–Crippen LogP) is 2.85. The first-order valence-electron chi connectivity index (χ1n) is 8.77. The van der Waals surface area contributed by atoms with Crippen LogP contribution in [0.2, 0.25) is 0 Å². The molecule has 0 radical (unpaired) electrons. The lowest BCUT2D eigenvalue weighted by atomic mass is 9.62. The number of rotatable bonds is 7. The average Bonchev–Trinajstić information content (AvgIpc) is 2.51. The van der Waals surface area contributed by atoms with E-state index in [1.165, 1.54) is 0 Å². The Balaban J connectivity index is 2.56. The van der Waals surface area contributed by atoms with Crippen LogP contribution in [0.25, 0.3) is 0 Å². The molecule has 2 atom stereocenters. The molecule has 26 heavy (non-hydrogen) atoms. The minimum atomic E-state index is -0.537. The van der Waals surface area contributed by atoms with Gasteiger partial charge in [0.1, 0.15) is 13.2 Å². The monoisotopic (exact) mass is 364 g/mol. The van der Waals surface area contributed by atoms with Crippen LogP contribution in [0.5, 0.6) is 0 Å². The number of alkyl carbamates (subject to hydrolysis) is 2. The zero-order chi connectivity index (χ0) is 19.6. The number of ether oxygens (including phenoxy) is 2. The molecule has 8 heteroatoms. The zero-order valence-electron chi connectivity index (χ0n) is 15.8. The quantitative estimate of drug-likeness (QED) is 0.669. The van der Waals surface area contributed by atoms with E-state index >= 15 is 0 Å². The lowest BCUT2D eigenvalue weighted by Crippen LogP contribution is -2.50. The summed E-state index contributed by atoms with van der Waals surface area (Å²) < 4.78 is 9.91. The van der Waals surface area contributed by atoms with Crippen molar-refractivity contribution in [1.82, 2.24) is 10.6 Å². The Labute approximate surface area is 154 Å². The molecule has 1 rings (SSSR count). The molecule has 0 saturated heterocycles. The third-order valence-electron chi connectivity index (χ3n) is 4.32. The number of carbonyl (C=O) groups is 2. The van der Waals surface area contributed by atoms with Gasteiger partial charge in [-0.05, 0) is 30.1 Å². The van der Waals surface area contributed by atoms with Gasteiger partial charge >= 0.3 is 12.2 Å². The van der Waals surface area contributed by atoms with Gasteiger partial charge in [-0.2, -0.15) is 10.5 Å². The highest BCUT2D eigenvalue weighted by Crippen LogP contribution is 2.45. The maximum Gasteiger partial charge on any atom is 0.407 e. The lowest BCUT2D eigenvalue weighted by Gasteiger charge is -2.46. The molecule has 0 bridgehead atoms. The Morgan fingerprint density at radius 2 is 1.62 bits per heavy atom. The van der Waals surface area contributed by atoms with Crippen LogP contribution < -0.4 is 10.6 Å². The van der Waals surface area contributed by atoms with E-state index in [2.05, 4.69) is 31.4 Å². The van der Waals surface area contributed by atoms with Gasteiger partial charge in [-0.15, -0.1) is 0 Å². The molecule has 0 aromatic rings. The molecule has 0 aromatic heterocycles. The maximum absolute atomic E-state index is 11.9. The first kappa shape index (κ1) is 21.6. The van der Waals surface area contributed by atoms with Gasteiger partial charge in [0.05, 0.1) is 25.0 Å². The van der Waals surface area contributed by atoms with Gasteiger partial charge in [0, 0.05) is 12.6 Å². The summed E-state index contributed by atoms with van der Waals surface area (Å²) in [6.45, 7) is 6.90. The van der Waals surface area contributed by atoms with Gasteiger partial charge < -0.3 is 20.1 Å². The molecule has 1 saturated carbocycles. The van der Waals surface area contributed by atoms with Crippen LogP contribution >= 0.6 is 0 Å².